The van der Waals surface area contributed by atoms with E-state index in [0.29, 0.717) is 0 Å². The molecule has 0 fully saturated rings. The molecule has 19 heavy (non-hydrogen) atoms. The largest absolute Gasteiger partial charge is 0.361 e. The predicted molar refractivity (Wildman–Crippen MR) is 80.2 cm³/mol. The number of H-pyrrole nitrogens is 1. The van der Waals surface area contributed by atoms with Gasteiger partial charge in [0.2, 0.25) is 0 Å². The summed E-state index contributed by atoms with van der Waals surface area (Å²) in [4.78, 5) is 7.82. The van der Waals surface area contributed by atoms with Crippen molar-refractivity contribution in [1.29, 1.82) is 0 Å². The van der Waals surface area contributed by atoms with Crippen LogP contribution in [-0.4, -0.2) is 11.2 Å². The van der Waals surface area contributed by atoms with Crippen LogP contribution in [0.1, 0.15) is 16.8 Å². The number of aromatic nitrogens is 1. The van der Waals surface area contributed by atoms with Crippen molar-refractivity contribution in [3.8, 4) is 0 Å². The zero-order valence-corrected chi connectivity index (χ0v) is 10.3. The van der Waals surface area contributed by atoms with Gasteiger partial charge in [0, 0.05) is 34.6 Å². The second-order valence-electron chi connectivity index (χ2n) is 4.66. The highest BCUT2D eigenvalue weighted by atomic mass is 14.8. The van der Waals surface area contributed by atoms with E-state index in [2.05, 4.69) is 52.5 Å². The van der Waals surface area contributed by atoms with Crippen molar-refractivity contribution in [3.63, 3.8) is 0 Å². The Morgan fingerprint density at radius 3 is 2.79 bits per heavy atom. The van der Waals surface area contributed by atoms with E-state index in [-0.39, 0.29) is 0 Å². The molecule has 0 saturated heterocycles. The maximum absolute atomic E-state index is 4.50. The first kappa shape index (κ1) is 10.3. The summed E-state index contributed by atoms with van der Waals surface area (Å²) in [6.07, 6.45) is 6.07. The van der Waals surface area contributed by atoms with Crippen LogP contribution >= 0.6 is 0 Å². The molecule has 3 aromatic rings. The van der Waals surface area contributed by atoms with Crippen molar-refractivity contribution < 1.29 is 0 Å². The average Bonchev–Trinajstić information content (AvgIpc) is 3.05. The number of fused-ring (bicyclic) bond motifs is 2. The third-order valence-electron chi connectivity index (χ3n) is 3.49. The second-order valence-corrected chi connectivity index (χ2v) is 4.66. The molecule has 1 aliphatic rings. The van der Waals surface area contributed by atoms with E-state index in [4.69, 9.17) is 0 Å². The van der Waals surface area contributed by atoms with Gasteiger partial charge in [0.15, 0.2) is 0 Å². The summed E-state index contributed by atoms with van der Waals surface area (Å²) in [6.45, 7) is 0. The smallest absolute Gasteiger partial charge is 0.0729 e. The van der Waals surface area contributed by atoms with Gasteiger partial charge in [0.1, 0.15) is 0 Å². The molecular weight excluding hydrogens is 232 g/mol. The van der Waals surface area contributed by atoms with Gasteiger partial charge in [-0.2, -0.15) is 0 Å². The minimum absolute atomic E-state index is 1.02. The van der Waals surface area contributed by atoms with E-state index in [1.807, 2.05) is 24.5 Å². The SMILES string of the molecule is C1=NC(=Cc2[nH]cc3ccccc23)c2ccccc21. The lowest BCUT2D eigenvalue weighted by Gasteiger charge is -1.99. The van der Waals surface area contributed by atoms with Crippen LogP contribution in [0.2, 0.25) is 0 Å². The van der Waals surface area contributed by atoms with Crippen LogP contribution in [-0.2, 0) is 0 Å². The molecule has 0 spiro atoms. The number of aromatic amines is 1. The standard InChI is InChI=1S/C17H12N2/c1-3-7-14-12(5-1)10-18-16(14)9-17-15-8-4-2-6-13(15)11-19-17/h1-11,18H. The Morgan fingerprint density at radius 1 is 0.947 bits per heavy atom. The maximum Gasteiger partial charge on any atom is 0.0729 e. The molecule has 1 aliphatic heterocycles. The number of rotatable bonds is 1. The van der Waals surface area contributed by atoms with Gasteiger partial charge in [-0.1, -0.05) is 48.5 Å². The quantitative estimate of drug-likeness (QED) is 0.667. The normalized spacial score (nSPS) is 15.3. The first-order valence-electron chi connectivity index (χ1n) is 6.33. The van der Waals surface area contributed by atoms with E-state index in [9.17, 15) is 0 Å². The molecule has 2 heteroatoms. The van der Waals surface area contributed by atoms with Crippen molar-refractivity contribution in [2.45, 2.75) is 0 Å². The molecule has 1 aromatic heterocycles. The van der Waals surface area contributed by atoms with E-state index in [0.717, 1.165) is 11.4 Å². The number of hydrogen-bond acceptors (Lipinski definition) is 1. The Kier molecular flexibility index (Phi) is 2.15. The van der Waals surface area contributed by atoms with Crippen LogP contribution in [0.3, 0.4) is 0 Å². The monoisotopic (exact) mass is 244 g/mol. The Morgan fingerprint density at radius 2 is 1.79 bits per heavy atom. The molecule has 0 bridgehead atoms. The summed E-state index contributed by atoms with van der Waals surface area (Å²) in [5, 5.41) is 2.46. The highest BCUT2D eigenvalue weighted by Gasteiger charge is 2.11. The minimum atomic E-state index is 1.02. The number of aliphatic imine (C=N–C) groups is 1. The van der Waals surface area contributed by atoms with Gasteiger partial charge in [-0.25, -0.2) is 0 Å². The van der Waals surface area contributed by atoms with Crippen molar-refractivity contribution in [2.75, 3.05) is 0 Å². The fourth-order valence-electron chi connectivity index (χ4n) is 2.52. The minimum Gasteiger partial charge on any atom is -0.361 e. The molecule has 1 N–H and O–H groups in total. The van der Waals surface area contributed by atoms with Gasteiger partial charge in [-0.15, -0.1) is 0 Å². The third kappa shape index (κ3) is 1.61. The first-order chi connectivity index (χ1) is 9.42. The summed E-state index contributed by atoms with van der Waals surface area (Å²) in [5.41, 5.74) is 4.51. The van der Waals surface area contributed by atoms with Crippen LogP contribution in [0.25, 0.3) is 22.5 Å². The molecule has 2 nitrogen and oxygen atoms in total. The van der Waals surface area contributed by atoms with Crippen LogP contribution < -0.4 is 0 Å². The van der Waals surface area contributed by atoms with Crippen molar-refractivity contribution >= 4 is 28.8 Å². The zero-order chi connectivity index (χ0) is 12.7. The van der Waals surface area contributed by atoms with Crippen LogP contribution in [0.4, 0.5) is 0 Å². The van der Waals surface area contributed by atoms with E-state index in [1.165, 1.54) is 21.9 Å². The Bertz CT molecular complexity index is 822. The third-order valence-corrected chi connectivity index (χ3v) is 3.49. The number of nitrogens with zero attached hydrogens (tertiary/aromatic N) is 1. The molecule has 0 atom stereocenters. The molecule has 0 saturated carbocycles. The Labute approximate surface area is 111 Å². The Balaban J connectivity index is 1.88. The number of hydrogen-bond donors (Lipinski definition) is 1. The molecule has 0 unspecified atom stereocenters. The second kappa shape index (κ2) is 3.95. The van der Waals surface area contributed by atoms with Gasteiger partial charge < -0.3 is 4.98 Å². The fraction of sp³-hybridized carbons (Fsp3) is 0. The molecule has 0 radical (unpaired) electrons. The molecule has 2 aromatic carbocycles. The van der Waals surface area contributed by atoms with Crippen molar-refractivity contribution in [2.24, 2.45) is 4.99 Å². The fourth-order valence-corrected chi connectivity index (χ4v) is 2.52. The lowest BCUT2D eigenvalue weighted by Crippen LogP contribution is -1.82. The first-order valence-corrected chi connectivity index (χ1v) is 6.33. The maximum atomic E-state index is 4.50. The van der Waals surface area contributed by atoms with Crippen LogP contribution in [0.5, 0.6) is 0 Å². The lowest BCUT2D eigenvalue weighted by atomic mass is 10.1. The van der Waals surface area contributed by atoms with Gasteiger partial charge >= 0.3 is 0 Å². The van der Waals surface area contributed by atoms with E-state index >= 15 is 0 Å². The van der Waals surface area contributed by atoms with Gasteiger partial charge in [0.25, 0.3) is 0 Å². The Hall–Kier alpha value is -2.61. The highest BCUT2D eigenvalue weighted by molar-refractivity contribution is 6.03. The molecule has 90 valence electrons. The molecule has 0 aliphatic carbocycles. The molecule has 2 heterocycles. The van der Waals surface area contributed by atoms with Gasteiger partial charge in [0.05, 0.1) is 5.70 Å². The molecule has 0 amide bonds. The van der Waals surface area contributed by atoms with Gasteiger partial charge in [-0.3, -0.25) is 4.99 Å². The topological polar surface area (TPSA) is 28.1 Å². The zero-order valence-electron chi connectivity index (χ0n) is 10.3. The summed E-state index contributed by atoms with van der Waals surface area (Å²) in [7, 11) is 0. The number of nitrogens with one attached hydrogen (secondary N) is 1. The summed E-state index contributed by atoms with van der Waals surface area (Å²) >= 11 is 0. The van der Waals surface area contributed by atoms with E-state index < -0.39 is 0 Å². The van der Waals surface area contributed by atoms with Crippen LogP contribution in [0, 0.1) is 0 Å². The predicted octanol–water partition coefficient (Wildman–Crippen LogP) is 4.10. The average molecular weight is 244 g/mol. The van der Waals surface area contributed by atoms with E-state index in [1.54, 1.807) is 0 Å². The molecular formula is C17H12N2. The lowest BCUT2D eigenvalue weighted by molar-refractivity contribution is 1.39. The summed E-state index contributed by atoms with van der Waals surface area (Å²) < 4.78 is 0. The molecule has 4 rings (SSSR count). The number of benzene rings is 2. The van der Waals surface area contributed by atoms with Crippen molar-refractivity contribution in [1.82, 2.24) is 4.98 Å². The van der Waals surface area contributed by atoms with Gasteiger partial charge in [-0.05, 0) is 11.5 Å². The highest BCUT2D eigenvalue weighted by Crippen LogP contribution is 2.29. The van der Waals surface area contributed by atoms with Crippen LogP contribution in [0.15, 0.2) is 59.7 Å². The van der Waals surface area contributed by atoms with Crippen molar-refractivity contribution in [3.05, 3.63) is 71.5 Å². The summed E-state index contributed by atoms with van der Waals surface area (Å²) in [5.74, 6) is 0. The summed E-state index contributed by atoms with van der Waals surface area (Å²) in [6, 6.07) is 16.6.